The van der Waals surface area contributed by atoms with Gasteiger partial charge in [-0.05, 0) is 95.8 Å². The summed E-state index contributed by atoms with van der Waals surface area (Å²) in [6, 6.07) is 22.4. The Hall–Kier alpha value is -6.61. The van der Waals surface area contributed by atoms with Gasteiger partial charge in [-0.3, -0.25) is 28.9 Å². The number of methoxy groups -OCH3 is 1. The number of rotatable bonds is 23. The summed E-state index contributed by atoms with van der Waals surface area (Å²) in [6.45, 7) is 9.89. The van der Waals surface area contributed by atoms with E-state index in [4.69, 9.17) is 29.4 Å². The number of aliphatic hydroxyl groups excluding tert-OH is 1. The zero-order valence-electron chi connectivity index (χ0n) is 42.2. The van der Waals surface area contributed by atoms with Crippen molar-refractivity contribution in [2.45, 2.75) is 78.4 Å². The second kappa shape index (κ2) is 24.6. The lowest BCUT2D eigenvalue weighted by molar-refractivity contribution is -0.143. The molecule has 1 aromatic heterocycles. The van der Waals surface area contributed by atoms with Crippen molar-refractivity contribution >= 4 is 58.0 Å². The molecule has 8 rings (SSSR count). The van der Waals surface area contributed by atoms with Crippen LogP contribution in [-0.2, 0) is 43.5 Å². The van der Waals surface area contributed by atoms with E-state index in [2.05, 4.69) is 10.3 Å². The van der Waals surface area contributed by atoms with Gasteiger partial charge in [0, 0.05) is 56.8 Å². The first-order valence-electron chi connectivity index (χ1n) is 24.6. The molecule has 4 heterocycles. The zero-order valence-corrected chi connectivity index (χ0v) is 43.8. The first kappa shape index (κ1) is 53.7. The minimum atomic E-state index is -0.929. The van der Waals surface area contributed by atoms with Crippen LogP contribution in [0.5, 0.6) is 23.0 Å². The van der Waals surface area contributed by atoms with Crippen molar-refractivity contribution in [2.24, 2.45) is 11.7 Å². The number of nitrogens with zero attached hydrogens (tertiary/aromatic N) is 4. The molecule has 3 atom stereocenters. The largest absolute Gasteiger partial charge is 0.493 e. The number of carbonyl (C=O) groups is 5. The highest BCUT2D eigenvalue weighted by atomic mass is 32.2. The molecular formula is C55H62N6O11S2. The molecule has 2 fully saturated rings. The van der Waals surface area contributed by atoms with Gasteiger partial charge in [-0.2, -0.15) is 0 Å². The predicted molar refractivity (Wildman–Crippen MR) is 282 cm³/mol. The molecule has 5 amide bonds. The summed E-state index contributed by atoms with van der Waals surface area (Å²) in [5, 5.41) is 13.4. The quantitative estimate of drug-likeness (QED) is 0.0428. The highest BCUT2D eigenvalue weighted by Gasteiger charge is 2.46. The van der Waals surface area contributed by atoms with E-state index in [9.17, 15) is 29.1 Å². The fourth-order valence-electron chi connectivity index (χ4n) is 9.21. The zero-order chi connectivity index (χ0) is 52.5. The van der Waals surface area contributed by atoms with Crippen molar-refractivity contribution in [3.63, 3.8) is 0 Å². The first-order valence-corrected chi connectivity index (χ1v) is 26.3. The lowest BCUT2D eigenvalue weighted by Crippen LogP contribution is -2.55. The summed E-state index contributed by atoms with van der Waals surface area (Å²) >= 11 is 2.38. The molecular weight excluding hydrogens is 985 g/mol. The molecule has 0 unspecified atom stereocenters. The molecule has 17 nitrogen and oxygen atoms in total. The van der Waals surface area contributed by atoms with Gasteiger partial charge in [0.2, 0.25) is 11.8 Å². The van der Waals surface area contributed by atoms with Gasteiger partial charge in [-0.1, -0.05) is 62.4 Å². The van der Waals surface area contributed by atoms with Crippen molar-refractivity contribution in [3.05, 3.63) is 128 Å². The molecule has 4 N–H and O–H groups in total. The minimum absolute atomic E-state index is 0.0159. The average Bonchev–Trinajstić information content (AvgIpc) is 4.16. The lowest BCUT2D eigenvalue weighted by Gasteiger charge is -2.35. The number of fused-ring (bicyclic) bond motifs is 1. The third-order valence-electron chi connectivity index (χ3n) is 13.0. The molecule has 2 saturated heterocycles. The van der Waals surface area contributed by atoms with E-state index in [-0.39, 0.29) is 73.8 Å². The maximum atomic E-state index is 14.3. The number of nitrogens with two attached hydrogens (primary N) is 1. The fourth-order valence-corrected chi connectivity index (χ4v) is 10.9. The predicted octanol–water partition coefficient (Wildman–Crippen LogP) is 7.48. The number of aromatic nitrogens is 1. The molecule has 0 saturated carbocycles. The third kappa shape index (κ3) is 12.5. The molecule has 0 radical (unpaired) electrons. The Balaban J connectivity index is 0.787. The van der Waals surface area contributed by atoms with Gasteiger partial charge in [-0.25, -0.2) is 4.98 Å². The van der Waals surface area contributed by atoms with Crippen molar-refractivity contribution in [3.8, 4) is 33.4 Å². The average molecular weight is 1050 g/mol. The van der Waals surface area contributed by atoms with E-state index in [0.717, 1.165) is 44.6 Å². The number of β-amino-alcohol motifs (C(OH)–C–C–N with tert-alkyl or cyclic N) is 1. The Bertz CT molecular complexity index is 2910. The van der Waals surface area contributed by atoms with Gasteiger partial charge in [-0.15, -0.1) is 11.3 Å². The van der Waals surface area contributed by atoms with E-state index < -0.39 is 30.0 Å². The Labute approximate surface area is 438 Å². The Kier molecular flexibility index (Phi) is 17.9. The second-order valence-corrected chi connectivity index (χ2v) is 20.4. The van der Waals surface area contributed by atoms with Crippen LogP contribution in [0.1, 0.15) is 70.6 Å². The number of hydrogen-bond donors (Lipinski definition) is 3. The van der Waals surface area contributed by atoms with Crippen molar-refractivity contribution in [1.29, 1.82) is 0 Å². The van der Waals surface area contributed by atoms with Crippen LogP contribution < -0.4 is 25.3 Å². The molecule has 0 bridgehead atoms. The van der Waals surface area contributed by atoms with Gasteiger partial charge in [0.05, 0.1) is 67.2 Å². The van der Waals surface area contributed by atoms with Gasteiger partial charge < -0.3 is 49.6 Å². The standard InChI is InChI=1S/C55H62N6O11S2/c1-33(2)49(61-30-40-9-6-7-10-42(40)52(61)64)54(66)60-31-41(62)27-43(60)51(63)57-29-39-14-13-38(50-35(4)58-32-73-50)26-46(39)71-19-8-18-69-21-22-70-20-17-59-53(65)48(74-55(59)67)25-36-11-16-45(47(24-36)68-5)72-44-15-12-37(28-56)23-34(44)3/h6-7,9-16,23-26,32-33,41,43,49,62H,8,17-22,27-31,56H2,1-5H3,(H,57,63)/b48-25-/t41-,43+,49+/m1/s1. The molecule has 3 aliphatic rings. The van der Waals surface area contributed by atoms with Crippen molar-refractivity contribution in [1.82, 2.24) is 25.0 Å². The van der Waals surface area contributed by atoms with Crippen LogP contribution in [0.15, 0.2) is 89.3 Å². The Morgan fingerprint density at radius 2 is 1.69 bits per heavy atom. The maximum absolute atomic E-state index is 14.3. The van der Waals surface area contributed by atoms with Crippen LogP contribution in [0.3, 0.4) is 0 Å². The summed E-state index contributed by atoms with van der Waals surface area (Å²) in [6.07, 6.45) is 1.37. The number of imide groups is 1. The minimum Gasteiger partial charge on any atom is -0.493 e. The highest BCUT2D eigenvalue weighted by molar-refractivity contribution is 8.18. The smallest absolute Gasteiger partial charge is 0.293 e. The normalized spacial score (nSPS) is 17.4. The van der Waals surface area contributed by atoms with E-state index in [1.54, 1.807) is 46.8 Å². The molecule has 74 heavy (non-hydrogen) atoms. The van der Waals surface area contributed by atoms with Crippen LogP contribution in [-0.4, -0.2) is 125 Å². The molecule has 4 aromatic carbocycles. The van der Waals surface area contributed by atoms with Crippen molar-refractivity contribution < 1.29 is 52.8 Å². The van der Waals surface area contributed by atoms with Gasteiger partial charge in [0.25, 0.3) is 17.1 Å². The number of thiazole rings is 1. The highest BCUT2D eigenvalue weighted by Crippen LogP contribution is 2.38. The van der Waals surface area contributed by atoms with E-state index in [1.807, 2.05) is 76.2 Å². The molecule has 0 spiro atoms. The number of hydrogen-bond acceptors (Lipinski definition) is 15. The first-order chi connectivity index (χ1) is 35.7. The number of ether oxygens (including phenoxy) is 5. The number of nitrogens with one attached hydrogen (secondary N) is 1. The Morgan fingerprint density at radius 3 is 2.42 bits per heavy atom. The molecule has 19 heteroatoms. The summed E-state index contributed by atoms with van der Waals surface area (Å²) < 4.78 is 29.5. The molecule has 5 aromatic rings. The number of likely N-dealkylation sites (tertiary alicyclic amines) is 1. The van der Waals surface area contributed by atoms with Crippen molar-refractivity contribution in [2.75, 3.05) is 53.2 Å². The van der Waals surface area contributed by atoms with Crippen LogP contribution >= 0.6 is 23.1 Å². The second-order valence-electron chi connectivity index (χ2n) is 18.6. The number of aryl methyl sites for hydroxylation is 2. The monoisotopic (exact) mass is 1050 g/mol. The van der Waals surface area contributed by atoms with Crippen LogP contribution in [0.2, 0.25) is 0 Å². The summed E-state index contributed by atoms with van der Waals surface area (Å²) in [4.78, 5) is 77.6. The van der Waals surface area contributed by atoms with Crippen LogP contribution in [0.4, 0.5) is 4.79 Å². The van der Waals surface area contributed by atoms with Gasteiger partial charge in [0.15, 0.2) is 11.5 Å². The number of amides is 5. The van der Waals surface area contributed by atoms with Crippen LogP contribution in [0.25, 0.3) is 16.5 Å². The van der Waals surface area contributed by atoms with E-state index >= 15 is 0 Å². The number of thioether (sulfide) groups is 1. The maximum Gasteiger partial charge on any atom is 0.293 e. The van der Waals surface area contributed by atoms with Gasteiger partial charge in [0.1, 0.15) is 23.6 Å². The molecule has 3 aliphatic heterocycles. The topological polar surface area (TPSA) is 212 Å². The van der Waals surface area contributed by atoms with E-state index in [1.165, 1.54) is 28.2 Å². The SMILES string of the molecule is COc1cc(/C=C2\SC(=O)N(CCOCCOCCCOc3cc(-c4scnc4C)ccc3CNC(=O)[C@@H]3C[C@@H](O)CN3C(=O)[C@H](C(C)C)N3Cc4ccccc4C3=O)C2=O)ccc1Oc1ccc(CN)cc1C. The molecule has 0 aliphatic carbocycles. The fraction of sp³-hybridized carbons (Fsp3) is 0.382. The van der Waals surface area contributed by atoms with E-state index in [0.29, 0.717) is 72.4 Å². The lowest BCUT2D eigenvalue weighted by atomic mass is 10.0. The number of carbonyl (C=O) groups excluding carboxylic acids is 5. The molecule has 390 valence electrons. The summed E-state index contributed by atoms with van der Waals surface area (Å²) in [5.74, 6) is 0.554. The summed E-state index contributed by atoms with van der Waals surface area (Å²) in [5.41, 5.74) is 14.1. The third-order valence-corrected chi connectivity index (χ3v) is 14.9. The number of aliphatic hydroxyl groups is 1. The number of benzene rings is 4. The van der Waals surface area contributed by atoms with Crippen LogP contribution in [0, 0.1) is 19.8 Å². The Morgan fingerprint density at radius 1 is 0.905 bits per heavy atom. The summed E-state index contributed by atoms with van der Waals surface area (Å²) in [7, 11) is 1.54. The van der Waals surface area contributed by atoms with Gasteiger partial charge >= 0.3 is 0 Å².